The molecule has 7 heteroatoms. The monoisotopic (exact) mass is 436 g/mol. The van der Waals surface area contributed by atoms with Gasteiger partial charge in [-0.3, -0.25) is 9.59 Å². The van der Waals surface area contributed by atoms with E-state index in [4.69, 9.17) is 9.47 Å². The lowest BCUT2D eigenvalue weighted by atomic mass is 9.74. The number of anilines is 1. The van der Waals surface area contributed by atoms with Crippen molar-refractivity contribution in [2.24, 2.45) is 0 Å². The third-order valence-corrected chi connectivity index (χ3v) is 5.85. The molecule has 2 aromatic carbocycles. The molecule has 2 aliphatic rings. The lowest BCUT2D eigenvalue weighted by molar-refractivity contribution is -0.116. The van der Waals surface area contributed by atoms with Gasteiger partial charge in [0.1, 0.15) is 5.82 Å². The van der Waals surface area contributed by atoms with Crippen molar-refractivity contribution in [3.8, 4) is 11.5 Å². The van der Waals surface area contributed by atoms with E-state index in [-0.39, 0.29) is 5.78 Å². The third-order valence-electron chi connectivity index (χ3n) is 5.85. The first-order valence-electron chi connectivity index (χ1n) is 10.5. The summed E-state index contributed by atoms with van der Waals surface area (Å²) in [6.45, 7) is 1.81. The van der Waals surface area contributed by atoms with E-state index in [1.54, 1.807) is 19.2 Å². The quantitative estimate of drug-likeness (QED) is 0.724. The molecular weight excluding hydrogens is 411 g/mol. The molecule has 1 aliphatic heterocycles. The van der Waals surface area contributed by atoms with Crippen LogP contribution in [-0.4, -0.2) is 25.9 Å². The van der Waals surface area contributed by atoms with Crippen LogP contribution in [-0.2, 0) is 9.59 Å². The standard InChI is InChI=1S/C25H25FN2O4/c1-14-21(25(30)28-16-8-4-7-15(26)13-16)22(23-18(27-14)10-6-11-19(23)29)17-9-5-12-20(31-2)24(17)32-3/h4-5,7-9,12-13,22,27H,6,10-11H2,1-3H3,(H,28,30)/t22-/m1/s1. The molecule has 0 bridgehead atoms. The molecule has 4 rings (SSSR count). The van der Waals surface area contributed by atoms with Gasteiger partial charge in [-0.2, -0.15) is 0 Å². The van der Waals surface area contributed by atoms with Crippen LogP contribution in [0.5, 0.6) is 11.5 Å². The fourth-order valence-electron chi connectivity index (χ4n) is 4.50. The summed E-state index contributed by atoms with van der Waals surface area (Å²) in [5.74, 6) is -0.531. The maximum atomic E-state index is 13.7. The second-order valence-corrected chi connectivity index (χ2v) is 7.81. The maximum Gasteiger partial charge on any atom is 0.254 e. The van der Waals surface area contributed by atoms with Gasteiger partial charge in [-0.25, -0.2) is 4.39 Å². The van der Waals surface area contributed by atoms with Gasteiger partial charge in [0.05, 0.1) is 20.1 Å². The summed E-state index contributed by atoms with van der Waals surface area (Å²) in [6.07, 6.45) is 1.89. The van der Waals surface area contributed by atoms with Gasteiger partial charge < -0.3 is 20.1 Å². The molecule has 0 saturated carbocycles. The molecule has 0 unspecified atom stereocenters. The highest BCUT2D eigenvalue weighted by atomic mass is 19.1. The van der Waals surface area contributed by atoms with E-state index in [0.717, 1.165) is 18.5 Å². The van der Waals surface area contributed by atoms with E-state index in [9.17, 15) is 14.0 Å². The molecular formula is C25H25FN2O4. The number of nitrogens with one attached hydrogen (secondary N) is 2. The third kappa shape index (κ3) is 3.86. The molecule has 0 radical (unpaired) electrons. The molecule has 2 N–H and O–H groups in total. The molecule has 166 valence electrons. The minimum Gasteiger partial charge on any atom is -0.493 e. The highest BCUT2D eigenvalue weighted by molar-refractivity contribution is 6.10. The number of ketones is 1. The highest BCUT2D eigenvalue weighted by Crippen LogP contribution is 2.47. The van der Waals surface area contributed by atoms with Gasteiger partial charge in [0.25, 0.3) is 5.91 Å². The Morgan fingerprint density at radius 2 is 1.91 bits per heavy atom. The lowest BCUT2D eigenvalue weighted by Gasteiger charge is -2.35. The molecule has 0 fully saturated rings. The molecule has 0 spiro atoms. The Morgan fingerprint density at radius 1 is 1.12 bits per heavy atom. The second kappa shape index (κ2) is 8.86. The molecule has 0 saturated heterocycles. The molecule has 32 heavy (non-hydrogen) atoms. The number of allylic oxidation sites excluding steroid dienone is 3. The number of Topliss-reactive ketones (excluding diaryl/α,β-unsaturated/α-hetero) is 1. The number of halogens is 1. The van der Waals surface area contributed by atoms with Crippen LogP contribution in [0.15, 0.2) is 65.0 Å². The number of carbonyl (C=O) groups is 2. The number of hydrogen-bond acceptors (Lipinski definition) is 5. The predicted molar refractivity (Wildman–Crippen MR) is 119 cm³/mol. The first kappa shape index (κ1) is 21.6. The number of carbonyl (C=O) groups excluding carboxylic acids is 2. The van der Waals surface area contributed by atoms with Crippen molar-refractivity contribution in [2.45, 2.75) is 32.1 Å². The van der Waals surface area contributed by atoms with Crippen molar-refractivity contribution < 1.29 is 23.5 Å². The van der Waals surface area contributed by atoms with E-state index in [1.165, 1.54) is 25.3 Å². The van der Waals surface area contributed by atoms with Crippen LogP contribution in [0.1, 0.15) is 37.7 Å². The Hall–Kier alpha value is -3.61. The summed E-state index contributed by atoms with van der Waals surface area (Å²) in [6, 6.07) is 11.1. The zero-order chi connectivity index (χ0) is 22.8. The molecule has 2 aromatic rings. The fraction of sp³-hybridized carbons (Fsp3) is 0.280. The van der Waals surface area contributed by atoms with Crippen LogP contribution >= 0.6 is 0 Å². The van der Waals surface area contributed by atoms with Gasteiger partial charge in [-0.1, -0.05) is 18.2 Å². The zero-order valence-corrected chi connectivity index (χ0v) is 18.3. The minimum atomic E-state index is -0.641. The highest BCUT2D eigenvalue weighted by Gasteiger charge is 2.40. The van der Waals surface area contributed by atoms with Crippen LogP contribution in [0.2, 0.25) is 0 Å². The van der Waals surface area contributed by atoms with E-state index in [2.05, 4.69) is 10.6 Å². The summed E-state index contributed by atoms with van der Waals surface area (Å²) in [5.41, 5.74) is 3.42. The van der Waals surface area contributed by atoms with Crippen molar-refractivity contribution in [1.29, 1.82) is 0 Å². The number of rotatable bonds is 5. The van der Waals surface area contributed by atoms with Gasteiger partial charge in [-0.05, 0) is 44.0 Å². The number of para-hydroxylation sites is 1. The molecule has 0 aromatic heterocycles. The molecule has 1 amide bonds. The number of hydrogen-bond donors (Lipinski definition) is 2. The van der Waals surface area contributed by atoms with Crippen molar-refractivity contribution in [3.63, 3.8) is 0 Å². The first-order valence-corrected chi connectivity index (χ1v) is 10.5. The topological polar surface area (TPSA) is 76.7 Å². The van der Waals surface area contributed by atoms with Gasteiger partial charge in [0, 0.05) is 40.2 Å². The van der Waals surface area contributed by atoms with Crippen LogP contribution < -0.4 is 20.1 Å². The van der Waals surface area contributed by atoms with Crippen molar-refractivity contribution in [3.05, 3.63) is 76.4 Å². The smallest absolute Gasteiger partial charge is 0.254 e. The van der Waals surface area contributed by atoms with Crippen molar-refractivity contribution in [2.75, 3.05) is 19.5 Å². The number of benzene rings is 2. The minimum absolute atomic E-state index is 0.00261. The Balaban J connectivity index is 1.86. The molecule has 1 heterocycles. The van der Waals surface area contributed by atoms with Crippen LogP contribution in [0, 0.1) is 5.82 Å². The largest absolute Gasteiger partial charge is 0.493 e. The fourth-order valence-corrected chi connectivity index (χ4v) is 4.50. The molecule has 1 atom stereocenters. The Morgan fingerprint density at radius 3 is 2.62 bits per heavy atom. The average Bonchev–Trinajstić information content (AvgIpc) is 2.77. The second-order valence-electron chi connectivity index (χ2n) is 7.81. The Bertz CT molecular complexity index is 1150. The SMILES string of the molecule is COc1cccc([C@@H]2C(C(=O)Nc3cccc(F)c3)=C(C)NC3=C2C(=O)CCC3)c1OC. The van der Waals surface area contributed by atoms with E-state index < -0.39 is 17.6 Å². The van der Waals surface area contributed by atoms with Crippen molar-refractivity contribution in [1.82, 2.24) is 5.32 Å². The van der Waals surface area contributed by atoms with Gasteiger partial charge >= 0.3 is 0 Å². The summed E-state index contributed by atoms with van der Waals surface area (Å²) in [4.78, 5) is 26.5. The lowest BCUT2D eigenvalue weighted by Crippen LogP contribution is -2.35. The van der Waals surface area contributed by atoms with Gasteiger partial charge in [0.15, 0.2) is 17.3 Å². The number of methoxy groups -OCH3 is 2. The summed E-state index contributed by atoms with van der Waals surface area (Å²) < 4.78 is 24.8. The van der Waals surface area contributed by atoms with Crippen LogP contribution in [0.3, 0.4) is 0 Å². The van der Waals surface area contributed by atoms with Crippen LogP contribution in [0.4, 0.5) is 10.1 Å². The summed E-state index contributed by atoms with van der Waals surface area (Å²) in [7, 11) is 3.07. The van der Waals surface area contributed by atoms with Gasteiger partial charge in [0.2, 0.25) is 0 Å². The van der Waals surface area contributed by atoms with Crippen molar-refractivity contribution >= 4 is 17.4 Å². The summed E-state index contributed by atoms with van der Waals surface area (Å²) >= 11 is 0. The first-order chi connectivity index (χ1) is 15.4. The molecule has 6 nitrogen and oxygen atoms in total. The van der Waals surface area contributed by atoms with Crippen LogP contribution in [0.25, 0.3) is 0 Å². The maximum absolute atomic E-state index is 13.7. The zero-order valence-electron chi connectivity index (χ0n) is 18.3. The normalized spacial score (nSPS) is 18.1. The Labute approximate surface area is 186 Å². The van der Waals surface area contributed by atoms with E-state index >= 15 is 0 Å². The molecule has 1 aliphatic carbocycles. The van der Waals surface area contributed by atoms with Gasteiger partial charge in [-0.15, -0.1) is 0 Å². The Kier molecular flexibility index (Phi) is 5.99. The number of amides is 1. The number of ether oxygens (including phenoxy) is 2. The van der Waals surface area contributed by atoms with E-state index in [1.807, 2.05) is 19.1 Å². The van der Waals surface area contributed by atoms with E-state index in [0.29, 0.717) is 46.0 Å². The summed E-state index contributed by atoms with van der Waals surface area (Å²) in [5, 5.41) is 6.05. The number of dihydropyridines is 1. The average molecular weight is 436 g/mol. The predicted octanol–water partition coefficient (Wildman–Crippen LogP) is 4.45.